The van der Waals surface area contributed by atoms with Gasteiger partial charge in [0.15, 0.2) is 0 Å². The Labute approximate surface area is 163 Å². The number of aromatic carboxylic acids is 1. The maximum Gasteiger partial charge on any atom is 0.335 e. The van der Waals surface area contributed by atoms with Crippen LogP contribution >= 0.6 is 24.0 Å². The van der Waals surface area contributed by atoms with Crippen molar-refractivity contribution < 1.29 is 14.3 Å². The van der Waals surface area contributed by atoms with Gasteiger partial charge in [-0.2, -0.15) is 0 Å². The molecule has 1 unspecified atom stereocenters. The fourth-order valence-electron chi connectivity index (χ4n) is 2.58. The van der Waals surface area contributed by atoms with Crippen LogP contribution in [0.2, 0.25) is 5.02 Å². The van der Waals surface area contributed by atoms with E-state index >= 15 is 0 Å². The first kappa shape index (κ1) is 20.0. The van der Waals surface area contributed by atoms with Crippen molar-refractivity contribution in [2.75, 3.05) is 0 Å². The average molecular weight is 392 g/mol. The third-order valence-electron chi connectivity index (χ3n) is 4.02. The predicted octanol–water partition coefficient (Wildman–Crippen LogP) is 5.57. The van der Waals surface area contributed by atoms with Gasteiger partial charge in [-0.05, 0) is 42.8 Å². The molecule has 3 aromatic rings. The van der Waals surface area contributed by atoms with E-state index in [-0.39, 0.29) is 24.0 Å². The number of carboxylic acids is 1. The van der Waals surface area contributed by atoms with Gasteiger partial charge in [0.2, 0.25) is 0 Å². The number of carboxylic acid groups (broad SMARTS) is 1. The van der Waals surface area contributed by atoms with Gasteiger partial charge in [0, 0.05) is 11.6 Å². The van der Waals surface area contributed by atoms with Crippen LogP contribution in [-0.4, -0.2) is 11.1 Å². The van der Waals surface area contributed by atoms with Crippen molar-refractivity contribution in [3.63, 3.8) is 0 Å². The monoisotopic (exact) mass is 391 g/mol. The minimum absolute atomic E-state index is 0. The summed E-state index contributed by atoms with van der Waals surface area (Å²) < 4.78 is 5.83. The smallest absolute Gasteiger partial charge is 0.335 e. The predicted molar refractivity (Wildman–Crippen MR) is 105 cm³/mol. The first-order valence-electron chi connectivity index (χ1n) is 7.95. The molecule has 3 rings (SSSR count). The summed E-state index contributed by atoms with van der Waals surface area (Å²) >= 11 is 6.18. The largest absolute Gasteiger partial charge is 0.478 e. The van der Waals surface area contributed by atoms with Crippen LogP contribution in [0.4, 0.5) is 0 Å². The van der Waals surface area contributed by atoms with Gasteiger partial charge in [0.05, 0.1) is 17.1 Å². The molecular formula is C20H19Cl2NO3. The molecule has 1 aromatic heterocycles. The Bertz CT molecular complexity index is 878. The SMILES string of the molecule is CC(NCc1ccc(-c2cc(C(=O)O)ccc2Cl)o1)c1ccccc1.Cl. The zero-order valence-electron chi connectivity index (χ0n) is 14.1. The van der Waals surface area contributed by atoms with Crippen LogP contribution in [0.5, 0.6) is 0 Å². The fourth-order valence-corrected chi connectivity index (χ4v) is 2.79. The van der Waals surface area contributed by atoms with Crippen molar-refractivity contribution in [1.29, 1.82) is 0 Å². The minimum Gasteiger partial charge on any atom is -0.478 e. The molecule has 136 valence electrons. The quantitative estimate of drug-likeness (QED) is 0.576. The number of benzene rings is 2. The zero-order valence-corrected chi connectivity index (χ0v) is 15.7. The molecule has 1 heterocycles. The third kappa shape index (κ3) is 4.67. The Morgan fingerprint density at radius 3 is 2.58 bits per heavy atom. The van der Waals surface area contributed by atoms with Crippen LogP contribution < -0.4 is 5.32 Å². The van der Waals surface area contributed by atoms with Crippen molar-refractivity contribution in [3.8, 4) is 11.3 Å². The van der Waals surface area contributed by atoms with Crippen molar-refractivity contribution in [3.05, 3.63) is 82.6 Å². The molecule has 0 radical (unpaired) electrons. The summed E-state index contributed by atoms with van der Waals surface area (Å²) in [6.45, 7) is 2.65. The fraction of sp³-hybridized carbons (Fsp3) is 0.150. The summed E-state index contributed by atoms with van der Waals surface area (Å²) in [4.78, 5) is 11.1. The Morgan fingerprint density at radius 1 is 1.15 bits per heavy atom. The van der Waals surface area contributed by atoms with Gasteiger partial charge in [-0.25, -0.2) is 4.79 Å². The van der Waals surface area contributed by atoms with E-state index in [0.717, 1.165) is 5.76 Å². The first-order valence-corrected chi connectivity index (χ1v) is 8.32. The number of hydrogen-bond acceptors (Lipinski definition) is 3. The summed E-state index contributed by atoms with van der Waals surface area (Å²) in [6.07, 6.45) is 0. The van der Waals surface area contributed by atoms with Crippen LogP contribution in [0.3, 0.4) is 0 Å². The van der Waals surface area contributed by atoms with Crippen molar-refractivity contribution >= 4 is 30.0 Å². The molecule has 2 aromatic carbocycles. The van der Waals surface area contributed by atoms with Crippen LogP contribution in [0.15, 0.2) is 65.1 Å². The number of rotatable bonds is 6. The molecular weight excluding hydrogens is 373 g/mol. The first-order chi connectivity index (χ1) is 12.0. The highest BCUT2D eigenvalue weighted by molar-refractivity contribution is 6.33. The van der Waals surface area contributed by atoms with E-state index in [0.29, 0.717) is 22.9 Å². The van der Waals surface area contributed by atoms with Crippen molar-refractivity contribution in [2.45, 2.75) is 19.5 Å². The average Bonchev–Trinajstić information content (AvgIpc) is 3.09. The molecule has 0 aliphatic heterocycles. The Kier molecular flexibility index (Phi) is 6.86. The molecule has 0 bridgehead atoms. The molecule has 26 heavy (non-hydrogen) atoms. The standard InChI is InChI=1S/C20H18ClNO3.ClH/c1-13(14-5-3-2-4-6-14)22-12-16-8-10-19(25-16)17-11-15(20(23)24)7-9-18(17)21;/h2-11,13,22H,12H2,1H3,(H,23,24);1H. The lowest BCUT2D eigenvalue weighted by atomic mass is 10.1. The van der Waals surface area contributed by atoms with Crippen LogP contribution in [0.1, 0.15) is 34.6 Å². The summed E-state index contributed by atoms with van der Waals surface area (Å²) in [5.41, 5.74) is 1.95. The van der Waals surface area contributed by atoms with E-state index < -0.39 is 5.97 Å². The molecule has 0 aliphatic rings. The molecule has 0 saturated carbocycles. The molecule has 2 N–H and O–H groups in total. The molecule has 6 heteroatoms. The topological polar surface area (TPSA) is 62.5 Å². The highest BCUT2D eigenvalue weighted by Crippen LogP contribution is 2.30. The van der Waals surface area contributed by atoms with Crippen LogP contribution in [-0.2, 0) is 6.54 Å². The Morgan fingerprint density at radius 2 is 1.88 bits per heavy atom. The summed E-state index contributed by atoms with van der Waals surface area (Å²) in [5.74, 6) is 0.315. The minimum atomic E-state index is -0.997. The van der Waals surface area contributed by atoms with E-state index in [2.05, 4.69) is 24.4 Å². The highest BCUT2D eigenvalue weighted by atomic mass is 35.5. The number of furan rings is 1. The zero-order chi connectivity index (χ0) is 17.8. The van der Waals surface area contributed by atoms with E-state index in [1.807, 2.05) is 24.3 Å². The second kappa shape index (κ2) is 8.90. The van der Waals surface area contributed by atoms with Gasteiger partial charge >= 0.3 is 5.97 Å². The second-order valence-corrected chi connectivity index (χ2v) is 6.19. The van der Waals surface area contributed by atoms with Gasteiger partial charge in [-0.3, -0.25) is 0 Å². The van der Waals surface area contributed by atoms with Gasteiger partial charge < -0.3 is 14.8 Å². The maximum atomic E-state index is 11.1. The van der Waals surface area contributed by atoms with Crippen LogP contribution in [0, 0.1) is 0 Å². The lowest BCUT2D eigenvalue weighted by Crippen LogP contribution is -2.17. The molecule has 4 nitrogen and oxygen atoms in total. The normalized spacial score (nSPS) is 11.6. The van der Waals surface area contributed by atoms with Crippen molar-refractivity contribution in [2.24, 2.45) is 0 Å². The van der Waals surface area contributed by atoms with E-state index in [1.165, 1.54) is 17.7 Å². The second-order valence-electron chi connectivity index (χ2n) is 5.78. The lowest BCUT2D eigenvalue weighted by molar-refractivity contribution is 0.0697. The van der Waals surface area contributed by atoms with Gasteiger partial charge in [-0.15, -0.1) is 12.4 Å². The Balaban J connectivity index is 0.00000243. The van der Waals surface area contributed by atoms with Crippen LogP contribution in [0.25, 0.3) is 11.3 Å². The number of nitrogens with one attached hydrogen (secondary N) is 1. The number of carbonyl (C=O) groups is 1. The highest BCUT2D eigenvalue weighted by Gasteiger charge is 2.13. The number of hydrogen-bond donors (Lipinski definition) is 2. The third-order valence-corrected chi connectivity index (χ3v) is 4.35. The van der Waals surface area contributed by atoms with E-state index in [9.17, 15) is 4.79 Å². The van der Waals surface area contributed by atoms with Gasteiger partial charge in [0.25, 0.3) is 0 Å². The molecule has 0 spiro atoms. The maximum absolute atomic E-state index is 11.1. The molecule has 0 amide bonds. The Hall–Kier alpha value is -2.27. The molecule has 1 atom stereocenters. The van der Waals surface area contributed by atoms with Crippen molar-refractivity contribution in [1.82, 2.24) is 5.32 Å². The number of halogens is 2. The molecule has 0 fully saturated rings. The molecule has 0 saturated heterocycles. The molecule has 0 aliphatic carbocycles. The summed E-state index contributed by atoms with van der Waals surface area (Å²) in [7, 11) is 0. The van der Waals surface area contributed by atoms with Gasteiger partial charge in [-0.1, -0.05) is 41.9 Å². The van der Waals surface area contributed by atoms with Gasteiger partial charge in [0.1, 0.15) is 11.5 Å². The van der Waals surface area contributed by atoms with E-state index in [4.69, 9.17) is 21.1 Å². The van der Waals surface area contributed by atoms with E-state index in [1.54, 1.807) is 12.1 Å². The lowest BCUT2D eigenvalue weighted by Gasteiger charge is -2.13. The summed E-state index contributed by atoms with van der Waals surface area (Å²) in [5, 5.41) is 13.0. The summed E-state index contributed by atoms with van der Waals surface area (Å²) in [6, 6.07) is 18.6.